The first kappa shape index (κ1) is 11.9. The van der Waals surface area contributed by atoms with E-state index in [0.717, 1.165) is 12.2 Å². The Morgan fingerprint density at radius 1 is 1.57 bits per heavy atom. The molecule has 0 aliphatic carbocycles. The third-order valence-corrected chi connectivity index (χ3v) is 3.54. The third kappa shape index (κ3) is 3.50. The highest BCUT2D eigenvalue weighted by Gasteiger charge is 2.29. The second kappa shape index (κ2) is 6.30. The van der Waals surface area contributed by atoms with Crippen LogP contribution in [0.4, 0.5) is 0 Å². The molecule has 82 valence electrons. The Hall–Kier alpha value is -0.220. The largest absolute Gasteiger partial charge is 0.465 e. The number of ether oxygens (including phenoxy) is 1. The monoisotopic (exact) mass is 217 g/mol. The second-order valence-corrected chi connectivity index (χ2v) is 4.67. The first-order valence-electron chi connectivity index (χ1n) is 5.32. The number of thioether (sulfide) groups is 1. The van der Waals surface area contributed by atoms with Gasteiger partial charge in [-0.25, -0.2) is 0 Å². The van der Waals surface area contributed by atoms with Crippen molar-refractivity contribution in [3.8, 4) is 0 Å². The van der Waals surface area contributed by atoms with Gasteiger partial charge in [-0.05, 0) is 13.3 Å². The van der Waals surface area contributed by atoms with Gasteiger partial charge in [-0.15, -0.1) is 11.8 Å². The Morgan fingerprint density at radius 2 is 2.36 bits per heavy atom. The van der Waals surface area contributed by atoms with Crippen molar-refractivity contribution in [1.82, 2.24) is 5.32 Å². The van der Waals surface area contributed by atoms with E-state index >= 15 is 0 Å². The minimum atomic E-state index is -0.0981. The van der Waals surface area contributed by atoms with Gasteiger partial charge in [-0.2, -0.15) is 0 Å². The Morgan fingerprint density at radius 3 is 3.00 bits per heavy atom. The summed E-state index contributed by atoms with van der Waals surface area (Å²) in [4.78, 5) is 11.4. The number of nitrogens with one attached hydrogen (secondary N) is 1. The fraction of sp³-hybridized carbons (Fsp3) is 0.900. The van der Waals surface area contributed by atoms with Gasteiger partial charge >= 0.3 is 5.97 Å². The van der Waals surface area contributed by atoms with Gasteiger partial charge < -0.3 is 4.74 Å². The number of carbonyl (C=O) groups is 1. The van der Waals surface area contributed by atoms with Crippen LogP contribution in [-0.4, -0.2) is 29.7 Å². The van der Waals surface area contributed by atoms with Crippen LogP contribution in [0.5, 0.6) is 0 Å². The summed E-state index contributed by atoms with van der Waals surface area (Å²) in [7, 11) is 0. The number of unbranched alkanes of at least 4 members (excludes halogenated alkanes) is 1. The van der Waals surface area contributed by atoms with Crippen LogP contribution in [0.25, 0.3) is 0 Å². The maximum Gasteiger partial charge on any atom is 0.324 e. The fourth-order valence-corrected chi connectivity index (χ4v) is 2.72. The highest BCUT2D eigenvalue weighted by atomic mass is 32.2. The molecule has 3 nitrogen and oxygen atoms in total. The van der Waals surface area contributed by atoms with E-state index in [2.05, 4.69) is 12.2 Å². The van der Waals surface area contributed by atoms with Crippen molar-refractivity contribution in [3.05, 3.63) is 0 Å². The summed E-state index contributed by atoms with van der Waals surface area (Å²) >= 11 is 1.83. The van der Waals surface area contributed by atoms with E-state index in [1.54, 1.807) is 0 Å². The van der Waals surface area contributed by atoms with E-state index in [0.29, 0.717) is 12.0 Å². The van der Waals surface area contributed by atoms with Crippen LogP contribution in [0.3, 0.4) is 0 Å². The molecule has 4 heteroatoms. The topological polar surface area (TPSA) is 38.3 Å². The van der Waals surface area contributed by atoms with E-state index < -0.39 is 0 Å². The summed E-state index contributed by atoms with van der Waals surface area (Å²) in [5.41, 5.74) is 0. The van der Waals surface area contributed by atoms with Crippen molar-refractivity contribution in [2.75, 3.05) is 12.4 Å². The lowest BCUT2D eigenvalue weighted by atomic mass is 10.2. The summed E-state index contributed by atoms with van der Waals surface area (Å²) in [5, 5.41) is 3.75. The van der Waals surface area contributed by atoms with Crippen molar-refractivity contribution in [2.45, 2.75) is 44.5 Å². The van der Waals surface area contributed by atoms with E-state index in [9.17, 15) is 4.79 Å². The molecule has 0 bridgehead atoms. The highest BCUT2D eigenvalue weighted by molar-refractivity contribution is 8.00. The summed E-state index contributed by atoms with van der Waals surface area (Å²) < 4.78 is 4.96. The molecular weight excluding hydrogens is 198 g/mol. The molecule has 1 rings (SSSR count). The summed E-state index contributed by atoms with van der Waals surface area (Å²) in [6.07, 6.45) is 3.58. The molecule has 0 radical (unpaired) electrons. The molecule has 1 heterocycles. The third-order valence-electron chi connectivity index (χ3n) is 2.24. The Balaban J connectivity index is 2.22. The molecule has 0 saturated carbocycles. The van der Waals surface area contributed by atoms with Crippen molar-refractivity contribution in [1.29, 1.82) is 0 Å². The van der Waals surface area contributed by atoms with Crippen molar-refractivity contribution >= 4 is 17.7 Å². The molecule has 1 aliphatic rings. The van der Waals surface area contributed by atoms with Crippen LogP contribution >= 0.6 is 11.8 Å². The fourth-order valence-electron chi connectivity index (χ4n) is 1.47. The van der Waals surface area contributed by atoms with Crippen molar-refractivity contribution < 1.29 is 9.53 Å². The Labute approximate surface area is 90.0 Å². The molecule has 1 saturated heterocycles. The predicted molar refractivity (Wildman–Crippen MR) is 59.3 cm³/mol. The molecule has 14 heavy (non-hydrogen) atoms. The zero-order valence-corrected chi connectivity index (χ0v) is 9.73. The first-order chi connectivity index (χ1) is 6.77. The maximum absolute atomic E-state index is 11.4. The van der Waals surface area contributed by atoms with Gasteiger partial charge in [0.05, 0.1) is 12.0 Å². The zero-order valence-electron chi connectivity index (χ0n) is 8.91. The van der Waals surface area contributed by atoms with Crippen LogP contribution in [-0.2, 0) is 9.53 Å². The second-order valence-electron chi connectivity index (χ2n) is 3.44. The van der Waals surface area contributed by atoms with Gasteiger partial charge in [-0.3, -0.25) is 10.1 Å². The van der Waals surface area contributed by atoms with E-state index in [1.165, 1.54) is 12.8 Å². The van der Waals surface area contributed by atoms with Crippen molar-refractivity contribution in [2.24, 2.45) is 0 Å². The molecule has 0 spiro atoms. The lowest BCUT2D eigenvalue weighted by molar-refractivity contribution is -0.144. The van der Waals surface area contributed by atoms with Gasteiger partial charge in [0.2, 0.25) is 0 Å². The van der Waals surface area contributed by atoms with E-state index in [4.69, 9.17) is 4.74 Å². The number of hydrogen-bond acceptors (Lipinski definition) is 4. The standard InChI is InChI=1S/C10H19NO2S/c1-3-5-6-9-11-8(7-14-9)10(12)13-4-2/h8-9,11H,3-7H2,1-2H3/t8-,9-/m0/s1. The number of carbonyl (C=O) groups excluding carboxylic acids is 1. The van der Waals surface area contributed by atoms with Crippen LogP contribution in [0.1, 0.15) is 33.1 Å². The molecule has 0 aromatic rings. The normalized spacial score (nSPS) is 26.4. The number of hydrogen-bond donors (Lipinski definition) is 1. The van der Waals surface area contributed by atoms with Crippen LogP contribution in [0.15, 0.2) is 0 Å². The number of esters is 1. The Kier molecular flexibility index (Phi) is 5.33. The van der Waals surface area contributed by atoms with Crippen molar-refractivity contribution in [3.63, 3.8) is 0 Å². The lowest BCUT2D eigenvalue weighted by Crippen LogP contribution is -2.37. The SMILES string of the molecule is CCCC[C@H]1N[C@H](C(=O)OCC)CS1. The lowest BCUT2D eigenvalue weighted by Gasteiger charge is -2.11. The summed E-state index contributed by atoms with van der Waals surface area (Å²) in [6, 6.07) is -0.0817. The molecule has 1 N–H and O–H groups in total. The first-order valence-corrected chi connectivity index (χ1v) is 6.37. The molecule has 1 fully saturated rings. The molecule has 0 unspecified atom stereocenters. The summed E-state index contributed by atoms with van der Waals surface area (Å²) in [6.45, 7) is 4.50. The number of rotatable bonds is 5. The van der Waals surface area contributed by atoms with Crippen LogP contribution in [0.2, 0.25) is 0 Å². The smallest absolute Gasteiger partial charge is 0.324 e. The molecular formula is C10H19NO2S. The van der Waals surface area contributed by atoms with Crippen LogP contribution < -0.4 is 5.32 Å². The average Bonchev–Trinajstić information content (AvgIpc) is 2.63. The maximum atomic E-state index is 11.4. The quantitative estimate of drug-likeness (QED) is 0.712. The van der Waals surface area contributed by atoms with Gasteiger partial charge in [0.1, 0.15) is 6.04 Å². The van der Waals surface area contributed by atoms with Gasteiger partial charge in [0.15, 0.2) is 0 Å². The van der Waals surface area contributed by atoms with E-state index in [1.807, 2.05) is 18.7 Å². The van der Waals surface area contributed by atoms with Gasteiger partial charge in [-0.1, -0.05) is 19.8 Å². The minimum absolute atomic E-state index is 0.0817. The van der Waals surface area contributed by atoms with Gasteiger partial charge in [0.25, 0.3) is 0 Å². The van der Waals surface area contributed by atoms with Crippen LogP contribution in [0, 0.1) is 0 Å². The molecule has 0 aromatic carbocycles. The summed E-state index contributed by atoms with van der Waals surface area (Å²) in [5.74, 6) is 0.756. The van der Waals surface area contributed by atoms with E-state index in [-0.39, 0.29) is 12.0 Å². The Bertz CT molecular complexity index is 187. The molecule has 2 atom stereocenters. The average molecular weight is 217 g/mol. The highest BCUT2D eigenvalue weighted by Crippen LogP contribution is 2.23. The molecule has 0 aromatic heterocycles. The van der Waals surface area contributed by atoms with Gasteiger partial charge in [0, 0.05) is 5.75 Å². The zero-order chi connectivity index (χ0) is 10.4. The minimum Gasteiger partial charge on any atom is -0.465 e. The molecule has 1 aliphatic heterocycles. The molecule has 0 amide bonds. The predicted octanol–water partition coefficient (Wildman–Crippen LogP) is 1.77.